The van der Waals surface area contributed by atoms with E-state index < -0.39 is 0 Å². The SMILES string of the molecule is CN=C(NCc1ccccc1OCCC(C)C)NC1CC2CCC1O2.I. The van der Waals surface area contributed by atoms with Gasteiger partial charge in [-0.05, 0) is 37.7 Å². The van der Waals surface area contributed by atoms with Crippen molar-refractivity contribution in [2.45, 2.75) is 64.3 Å². The molecule has 0 aromatic heterocycles. The maximum Gasteiger partial charge on any atom is 0.191 e. The molecule has 3 unspecified atom stereocenters. The Labute approximate surface area is 174 Å². The highest BCUT2D eigenvalue weighted by Crippen LogP contribution is 2.34. The standard InChI is InChI=1S/C20H31N3O2.HI/c1-14(2)10-11-24-18-7-5-4-6-15(18)13-22-20(21-3)23-17-12-16-8-9-19(17)25-16;/h4-7,14,16-17,19H,8-13H2,1-3H3,(H2,21,22,23);1H. The van der Waals surface area contributed by atoms with Gasteiger partial charge in [0.1, 0.15) is 5.75 Å². The molecule has 2 fully saturated rings. The van der Waals surface area contributed by atoms with Crippen LogP contribution in [-0.2, 0) is 11.3 Å². The molecule has 2 heterocycles. The molecule has 6 heteroatoms. The zero-order valence-electron chi connectivity index (χ0n) is 16.0. The summed E-state index contributed by atoms with van der Waals surface area (Å²) in [4.78, 5) is 4.36. The molecule has 0 aliphatic carbocycles. The van der Waals surface area contributed by atoms with Crippen LogP contribution in [-0.4, -0.2) is 37.9 Å². The molecule has 0 amide bonds. The van der Waals surface area contributed by atoms with Crippen LogP contribution in [0.5, 0.6) is 5.75 Å². The highest BCUT2D eigenvalue weighted by molar-refractivity contribution is 14.0. The van der Waals surface area contributed by atoms with Gasteiger partial charge < -0.3 is 20.1 Å². The molecule has 2 aliphatic rings. The number of halogens is 1. The van der Waals surface area contributed by atoms with E-state index in [1.165, 1.54) is 6.42 Å². The molecule has 1 aromatic rings. The van der Waals surface area contributed by atoms with Crippen LogP contribution in [0.3, 0.4) is 0 Å². The van der Waals surface area contributed by atoms with Crippen molar-refractivity contribution in [2.75, 3.05) is 13.7 Å². The molecule has 2 N–H and O–H groups in total. The largest absolute Gasteiger partial charge is 0.493 e. The summed E-state index contributed by atoms with van der Waals surface area (Å²) in [6.45, 7) is 5.88. The van der Waals surface area contributed by atoms with Gasteiger partial charge in [-0.2, -0.15) is 0 Å². The van der Waals surface area contributed by atoms with Gasteiger partial charge in [0.05, 0.1) is 24.9 Å². The minimum atomic E-state index is 0. The van der Waals surface area contributed by atoms with Crippen LogP contribution in [0, 0.1) is 5.92 Å². The Morgan fingerprint density at radius 2 is 2.12 bits per heavy atom. The minimum absolute atomic E-state index is 0. The Bertz CT molecular complexity index is 594. The lowest BCUT2D eigenvalue weighted by atomic mass is 9.96. The summed E-state index contributed by atoms with van der Waals surface area (Å²) in [6.07, 6.45) is 5.29. The molecule has 2 bridgehead atoms. The van der Waals surface area contributed by atoms with Crippen LogP contribution in [0.2, 0.25) is 0 Å². The normalized spacial score (nSPS) is 24.5. The molecule has 0 spiro atoms. The number of hydrogen-bond donors (Lipinski definition) is 2. The summed E-state index contributed by atoms with van der Waals surface area (Å²) in [5, 5.41) is 6.93. The number of nitrogens with one attached hydrogen (secondary N) is 2. The van der Waals surface area contributed by atoms with Gasteiger partial charge in [0, 0.05) is 19.2 Å². The fourth-order valence-electron chi connectivity index (χ4n) is 3.53. The summed E-state index contributed by atoms with van der Waals surface area (Å²) >= 11 is 0. The van der Waals surface area contributed by atoms with Crippen LogP contribution < -0.4 is 15.4 Å². The Morgan fingerprint density at radius 3 is 2.77 bits per heavy atom. The second-order valence-electron chi connectivity index (χ2n) is 7.42. The highest BCUT2D eigenvalue weighted by atomic mass is 127. The van der Waals surface area contributed by atoms with E-state index in [2.05, 4.69) is 35.5 Å². The van der Waals surface area contributed by atoms with E-state index in [1.807, 2.05) is 25.2 Å². The molecule has 5 nitrogen and oxygen atoms in total. The number of aliphatic imine (C=N–C) groups is 1. The number of benzene rings is 1. The number of ether oxygens (including phenoxy) is 2. The van der Waals surface area contributed by atoms with E-state index in [4.69, 9.17) is 9.47 Å². The minimum Gasteiger partial charge on any atom is -0.493 e. The first-order chi connectivity index (χ1) is 12.2. The average Bonchev–Trinajstić information content (AvgIpc) is 3.22. The molecule has 0 radical (unpaired) electrons. The topological polar surface area (TPSA) is 54.9 Å². The zero-order valence-corrected chi connectivity index (χ0v) is 18.4. The van der Waals surface area contributed by atoms with Gasteiger partial charge in [-0.15, -0.1) is 24.0 Å². The van der Waals surface area contributed by atoms with Gasteiger partial charge >= 0.3 is 0 Å². The summed E-state index contributed by atoms with van der Waals surface area (Å²) < 4.78 is 11.9. The number of nitrogens with zero attached hydrogens (tertiary/aromatic N) is 1. The maximum atomic E-state index is 5.97. The molecule has 146 valence electrons. The number of rotatable bonds is 7. The first kappa shape index (κ1) is 21.3. The first-order valence-corrected chi connectivity index (χ1v) is 9.49. The number of guanidine groups is 1. The lowest BCUT2D eigenvalue weighted by Gasteiger charge is -2.23. The van der Waals surface area contributed by atoms with E-state index in [0.717, 1.165) is 43.1 Å². The predicted octanol–water partition coefficient (Wildman–Crippen LogP) is 3.71. The van der Waals surface area contributed by atoms with Crippen molar-refractivity contribution in [1.82, 2.24) is 10.6 Å². The Kier molecular flexibility index (Phi) is 8.47. The molecular weight excluding hydrogens is 441 g/mol. The molecule has 1 aromatic carbocycles. The smallest absolute Gasteiger partial charge is 0.191 e. The van der Waals surface area contributed by atoms with Crippen molar-refractivity contribution in [1.29, 1.82) is 0 Å². The summed E-state index contributed by atoms with van der Waals surface area (Å²) in [6, 6.07) is 8.59. The second kappa shape index (κ2) is 10.3. The highest BCUT2D eigenvalue weighted by Gasteiger charge is 2.41. The lowest BCUT2D eigenvalue weighted by Crippen LogP contribution is -2.47. The van der Waals surface area contributed by atoms with E-state index >= 15 is 0 Å². The third-order valence-electron chi connectivity index (χ3n) is 5.02. The maximum absolute atomic E-state index is 5.97. The van der Waals surface area contributed by atoms with Gasteiger partial charge in [-0.1, -0.05) is 32.0 Å². The van der Waals surface area contributed by atoms with Crippen LogP contribution in [0.4, 0.5) is 0 Å². The van der Waals surface area contributed by atoms with E-state index in [0.29, 0.717) is 30.7 Å². The summed E-state index contributed by atoms with van der Waals surface area (Å²) in [5.41, 5.74) is 1.15. The fourth-order valence-corrected chi connectivity index (χ4v) is 3.53. The van der Waals surface area contributed by atoms with E-state index in [9.17, 15) is 0 Å². The Balaban J connectivity index is 0.00000243. The Morgan fingerprint density at radius 1 is 1.31 bits per heavy atom. The predicted molar refractivity (Wildman–Crippen MR) is 116 cm³/mol. The van der Waals surface area contributed by atoms with Gasteiger partial charge in [-0.3, -0.25) is 4.99 Å². The van der Waals surface area contributed by atoms with Crippen LogP contribution in [0.1, 0.15) is 45.1 Å². The van der Waals surface area contributed by atoms with Crippen molar-refractivity contribution in [3.63, 3.8) is 0 Å². The van der Waals surface area contributed by atoms with Crippen molar-refractivity contribution < 1.29 is 9.47 Å². The van der Waals surface area contributed by atoms with Crippen LogP contribution in [0.25, 0.3) is 0 Å². The van der Waals surface area contributed by atoms with Gasteiger partial charge in [0.2, 0.25) is 0 Å². The Hall–Kier alpha value is -1.02. The molecule has 3 atom stereocenters. The lowest BCUT2D eigenvalue weighted by molar-refractivity contribution is 0.0992. The number of hydrogen-bond acceptors (Lipinski definition) is 3. The van der Waals surface area contributed by atoms with Crippen LogP contribution >= 0.6 is 24.0 Å². The summed E-state index contributed by atoms with van der Waals surface area (Å²) in [7, 11) is 1.81. The van der Waals surface area contributed by atoms with Crippen molar-refractivity contribution >= 4 is 29.9 Å². The fraction of sp³-hybridized carbons (Fsp3) is 0.650. The van der Waals surface area contributed by atoms with Gasteiger partial charge in [0.15, 0.2) is 5.96 Å². The van der Waals surface area contributed by atoms with Crippen molar-refractivity contribution in [3.8, 4) is 5.75 Å². The van der Waals surface area contributed by atoms with Crippen molar-refractivity contribution in [3.05, 3.63) is 29.8 Å². The molecule has 3 rings (SSSR count). The van der Waals surface area contributed by atoms with Gasteiger partial charge in [0.25, 0.3) is 0 Å². The molecule has 26 heavy (non-hydrogen) atoms. The number of fused-ring (bicyclic) bond motifs is 2. The molecule has 2 aliphatic heterocycles. The van der Waals surface area contributed by atoms with Crippen molar-refractivity contribution in [2.24, 2.45) is 10.9 Å². The van der Waals surface area contributed by atoms with E-state index in [1.54, 1.807) is 0 Å². The monoisotopic (exact) mass is 473 g/mol. The number of para-hydroxylation sites is 1. The average molecular weight is 473 g/mol. The third-order valence-corrected chi connectivity index (χ3v) is 5.02. The van der Waals surface area contributed by atoms with Crippen LogP contribution in [0.15, 0.2) is 29.3 Å². The molecular formula is C20H32IN3O2. The zero-order chi connectivity index (χ0) is 17.6. The quantitative estimate of drug-likeness (QED) is 0.360. The molecule has 0 saturated carbocycles. The molecule has 2 saturated heterocycles. The second-order valence-corrected chi connectivity index (χ2v) is 7.42. The first-order valence-electron chi connectivity index (χ1n) is 9.49. The van der Waals surface area contributed by atoms with E-state index in [-0.39, 0.29) is 24.0 Å². The summed E-state index contributed by atoms with van der Waals surface area (Å²) in [5.74, 6) is 2.43. The van der Waals surface area contributed by atoms with Gasteiger partial charge in [-0.25, -0.2) is 0 Å². The third kappa shape index (κ3) is 5.74.